The second-order valence-electron chi connectivity index (χ2n) is 6.75. The first-order chi connectivity index (χ1) is 13.8. The van der Waals surface area contributed by atoms with Gasteiger partial charge in [-0.1, -0.05) is 30.3 Å². The van der Waals surface area contributed by atoms with Crippen LogP contribution in [-0.2, 0) is 6.54 Å². The van der Waals surface area contributed by atoms with E-state index in [1.54, 1.807) is 16.3 Å². The quantitative estimate of drug-likeness (QED) is 0.290. The number of pyridine rings is 1. The van der Waals surface area contributed by atoms with Crippen LogP contribution in [0, 0.1) is 0 Å². The highest BCUT2D eigenvalue weighted by Crippen LogP contribution is 2.26. The number of rotatable bonds is 7. The van der Waals surface area contributed by atoms with E-state index in [2.05, 4.69) is 29.0 Å². The molecule has 0 spiro atoms. The molecule has 0 aliphatic carbocycles. The molecule has 4 aromatic rings. The van der Waals surface area contributed by atoms with Crippen molar-refractivity contribution in [3.63, 3.8) is 0 Å². The summed E-state index contributed by atoms with van der Waals surface area (Å²) in [4.78, 5) is 13.9. The number of carbonyl (C=O) groups is 1. The zero-order chi connectivity index (χ0) is 19.3. The van der Waals surface area contributed by atoms with E-state index in [4.69, 9.17) is 5.11 Å². The molecule has 4 nitrogen and oxygen atoms in total. The molecule has 2 heterocycles. The van der Waals surface area contributed by atoms with Gasteiger partial charge in [-0.25, -0.2) is 0 Å². The van der Waals surface area contributed by atoms with Crippen molar-refractivity contribution in [1.29, 1.82) is 0 Å². The molecule has 5 heteroatoms. The number of hydrogen-bond donors (Lipinski definition) is 1. The molecule has 0 radical (unpaired) electrons. The Hall–Kier alpha value is -2.63. The predicted octanol–water partition coefficient (Wildman–Crippen LogP) is 4.29. The van der Waals surface area contributed by atoms with Gasteiger partial charge < -0.3 is 5.11 Å². The molecule has 0 saturated heterocycles. The van der Waals surface area contributed by atoms with Crippen LogP contribution in [0.5, 0.6) is 0 Å². The molecule has 0 unspecified atom stereocenters. The van der Waals surface area contributed by atoms with Crippen molar-refractivity contribution in [2.24, 2.45) is 0 Å². The average molecular weight is 392 g/mol. The average Bonchev–Trinajstić information content (AvgIpc) is 3.17. The number of nitrogens with zero attached hydrogens (tertiary/aromatic N) is 2. The van der Waals surface area contributed by atoms with E-state index in [0.29, 0.717) is 5.75 Å². The normalized spacial score (nSPS) is 11.3. The highest BCUT2D eigenvalue weighted by atomic mass is 32.2. The number of benzene rings is 2. The number of aryl methyl sites for hydroxylation is 1. The summed E-state index contributed by atoms with van der Waals surface area (Å²) < 4.78 is 3.96. The van der Waals surface area contributed by atoms with Crippen LogP contribution in [0.2, 0.25) is 0 Å². The fourth-order valence-corrected chi connectivity index (χ4v) is 4.39. The predicted molar refractivity (Wildman–Crippen MR) is 114 cm³/mol. The van der Waals surface area contributed by atoms with Crippen molar-refractivity contribution in [3.05, 3.63) is 73.1 Å². The molecule has 28 heavy (non-hydrogen) atoms. The molecule has 0 saturated carbocycles. The highest BCUT2D eigenvalue weighted by molar-refractivity contribution is 8.00. The fraction of sp³-hybridized carbons (Fsp3) is 0.217. The van der Waals surface area contributed by atoms with Crippen LogP contribution in [0.25, 0.3) is 21.8 Å². The van der Waals surface area contributed by atoms with Gasteiger partial charge in [0.2, 0.25) is 11.4 Å². The second kappa shape index (κ2) is 8.59. The third-order valence-electron chi connectivity index (χ3n) is 4.91. The van der Waals surface area contributed by atoms with Crippen molar-refractivity contribution >= 4 is 39.5 Å². The van der Waals surface area contributed by atoms with Gasteiger partial charge in [0.15, 0.2) is 6.20 Å². The molecule has 0 bridgehead atoms. The first-order valence-electron chi connectivity index (χ1n) is 9.52. The number of aromatic nitrogens is 2. The minimum absolute atomic E-state index is 0.0787. The maximum Gasteiger partial charge on any atom is 0.241 e. The summed E-state index contributed by atoms with van der Waals surface area (Å²) in [7, 11) is 0. The number of fused-ring (bicyclic) bond motifs is 2. The lowest BCUT2D eigenvalue weighted by molar-refractivity contribution is -0.672. The number of para-hydroxylation sites is 2. The van der Waals surface area contributed by atoms with E-state index in [9.17, 15) is 4.79 Å². The lowest BCUT2D eigenvalue weighted by Crippen LogP contribution is -2.34. The molecule has 0 aliphatic heterocycles. The lowest BCUT2D eigenvalue weighted by atomic mass is 10.2. The van der Waals surface area contributed by atoms with Crippen LogP contribution in [0.1, 0.15) is 17.6 Å². The Morgan fingerprint density at radius 3 is 2.71 bits per heavy atom. The van der Waals surface area contributed by atoms with Crippen molar-refractivity contribution in [2.75, 3.05) is 12.4 Å². The highest BCUT2D eigenvalue weighted by Gasteiger charge is 2.15. The standard InChI is InChI=1S/C23H23N2O2S/c26-16-6-5-13-24-14-12-22(19-8-2-4-10-21(19)24)28-17-23(27)25-15-11-18-7-1-3-9-20(18)25/h1-4,7-12,14-15,26H,5-6,13,16-17H2/q+1. The van der Waals surface area contributed by atoms with Crippen LogP contribution in [0.4, 0.5) is 0 Å². The molecule has 0 amide bonds. The fourth-order valence-electron chi connectivity index (χ4n) is 3.48. The van der Waals surface area contributed by atoms with Gasteiger partial charge in [0.05, 0.1) is 16.7 Å². The Morgan fingerprint density at radius 1 is 1.00 bits per heavy atom. The molecule has 0 aliphatic rings. The monoisotopic (exact) mass is 391 g/mol. The number of aliphatic hydroxyl groups excluding tert-OH is 1. The maximum atomic E-state index is 12.8. The van der Waals surface area contributed by atoms with E-state index < -0.39 is 0 Å². The molecule has 2 aromatic heterocycles. The molecule has 0 fully saturated rings. The topological polar surface area (TPSA) is 46.1 Å². The summed E-state index contributed by atoms with van der Waals surface area (Å²) in [6, 6.07) is 20.3. The van der Waals surface area contributed by atoms with Crippen molar-refractivity contribution in [3.8, 4) is 0 Å². The molecule has 2 aromatic carbocycles. The first kappa shape index (κ1) is 18.7. The number of hydrogen-bond acceptors (Lipinski definition) is 3. The van der Waals surface area contributed by atoms with Gasteiger partial charge in [-0.05, 0) is 24.6 Å². The molecular formula is C23H23N2O2S+. The molecule has 142 valence electrons. The van der Waals surface area contributed by atoms with Gasteiger partial charge in [-0.3, -0.25) is 9.36 Å². The van der Waals surface area contributed by atoms with E-state index >= 15 is 0 Å². The second-order valence-corrected chi connectivity index (χ2v) is 7.77. The Balaban J connectivity index is 1.55. The number of carbonyl (C=O) groups excluding carboxylic acids is 1. The molecule has 1 N–H and O–H groups in total. The van der Waals surface area contributed by atoms with Gasteiger partial charge in [0.1, 0.15) is 6.54 Å². The number of unbranched alkanes of at least 4 members (excludes halogenated alkanes) is 1. The summed E-state index contributed by atoms with van der Waals surface area (Å²) in [5, 5.41) is 11.3. The minimum atomic E-state index is 0.0787. The van der Waals surface area contributed by atoms with Crippen LogP contribution >= 0.6 is 11.8 Å². The van der Waals surface area contributed by atoms with Gasteiger partial charge >= 0.3 is 0 Å². The van der Waals surface area contributed by atoms with Crippen molar-refractivity contribution in [1.82, 2.24) is 4.57 Å². The van der Waals surface area contributed by atoms with Crippen LogP contribution in [0.3, 0.4) is 0 Å². The molecular weight excluding hydrogens is 368 g/mol. The third-order valence-corrected chi connectivity index (χ3v) is 5.97. The Morgan fingerprint density at radius 2 is 1.82 bits per heavy atom. The molecule has 4 rings (SSSR count). The van der Waals surface area contributed by atoms with Crippen molar-refractivity contribution < 1.29 is 14.5 Å². The van der Waals surface area contributed by atoms with Gasteiger partial charge in [-0.2, -0.15) is 4.57 Å². The van der Waals surface area contributed by atoms with Gasteiger partial charge in [0, 0.05) is 41.6 Å². The van der Waals surface area contributed by atoms with Crippen molar-refractivity contribution in [2.45, 2.75) is 24.3 Å². The minimum Gasteiger partial charge on any atom is -0.396 e. The Labute approximate surface area is 168 Å². The maximum absolute atomic E-state index is 12.8. The summed E-state index contributed by atoms with van der Waals surface area (Å²) in [5.74, 6) is 0.465. The zero-order valence-corrected chi connectivity index (χ0v) is 16.4. The summed E-state index contributed by atoms with van der Waals surface area (Å²) in [5.41, 5.74) is 2.11. The summed E-state index contributed by atoms with van der Waals surface area (Å²) in [6.45, 7) is 1.10. The summed E-state index contributed by atoms with van der Waals surface area (Å²) in [6.07, 6.45) is 5.68. The SMILES string of the molecule is O=C(CSc1cc[n+](CCCCO)c2ccccc12)n1ccc2ccccc21. The lowest BCUT2D eigenvalue weighted by Gasteiger charge is -2.08. The third kappa shape index (κ3) is 3.81. The van der Waals surface area contributed by atoms with E-state index in [1.165, 1.54) is 0 Å². The summed E-state index contributed by atoms with van der Waals surface area (Å²) >= 11 is 1.58. The van der Waals surface area contributed by atoms with E-state index in [-0.39, 0.29) is 12.5 Å². The molecule has 0 atom stereocenters. The number of thioether (sulfide) groups is 1. The number of aliphatic hydroxyl groups is 1. The Bertz CT molecular complexity index is 1120. The van der Waals surface area contributed by atoms with Crippen LogP contribution in [-0.4, -0.2) is 27.9 Å². The van der Waals surface area contributed by atoms with E-state index in [1.807, 2.05) is 48.7 Å². The van der Waals surface area contributed by atoms with Crippen LogP contribution < -0.4 is 4.57 Å². The van der Waals surface area contributed by atoms with E-state index in [0.717, 1.165) is 46.1 Å². The first-order valence-corrected chi connectivity index (χ1v) is 10.5. The zero-order valence-electron chi connectivity index (χ0n) is 15.6. The van der Waals surface area contributed by atoms with Gasteiger partial charge in [0.25, 0.3) is 0 Å². The Kier molecular flexibility index (Phi) is 5.74. The smallest absolute Gasteiger partial charge is 0.241 e. The largest absolute Gasteiger partial charge is 0.396 e. The van der Waals surface area contributed by atoms with Crippen LogP contribution in [0.15, 0.2) is 78.0 Å². The van der Waals surface area contributed by atoms with Gasteiger partial charge in [-0.15, -0.1) is 11.8 Å².